The van der Waals surface area contributed by atoms with E-state index in [4.69, 9.17) is 0 Å². The van der Waals surface area contributed by atoms with Crippen molar-refractivity contribution in [1.29, 1.82) is 0 Å². The second-order valence-corrected chi connectivity index (χ2v) is 4.79. The van der Waals surface area contributed by atoms with Gasteiger partial charge >= 0.3 is 0 Å². The molecular weight excluding hydrogens is 260 g/mol. The average molecular weight is 275 g/mol. The van der Waals surface area contributed by atoms with Gasteiger partial charge in [0.15, 0.2) is 5.82 Å². The normalized spacial score (nSPS) is 14.5. The molecule has 0 saturated carbocycles. The average Bonchev–Trinajstić information content (AvgIpc) is 2.27. The van der Waals surface area contributed by atoms with Gasteiger partial charge in [-0.15, -0.1) is 12.4 Å². The highest BCUT2D eigenvalue weighted by Gasteiger charge is 2.26. The number of fused-ring (bicyclic) bond motifs is 1. The molecule has 0 radical (unpaired) electrons. The SMILES string of the molecule is CN(C)CCN1C(=O)CSc2nccnc21.Cl. The van der Waals surface area contributed by atoms with Crippen LogP contribution in [0.15, 0.2) is 17.4 Å². The van der Waals surface area contributed by atoms with E-state index in [-0.39, 0.29) is 18.3 Å². The molecule has 0 atom stereocenters. The highest BCUT2D eigenvalue weighted by Crippen LogP contribution is 2.30. The lowest BCUT2D eigenvalue weighted by molar-refractivity contribution is -0.116. The number of halogens is 1. The summed E-state index contributed by atoms with van der Waals surface area (Å²) >= 11 is 1.46. The number of hydrogen-bond acceptors (Lipinski definition) is 5. The molecule has 7 heteroatoms. The van der Waals surface area contributed by atoms with E-state index in [0.29, 0.717) is 18.1 Å². The van der Waals surface area contributed by atoms with Crippen molar-refractivity contribution in [1.82, 2.24) is 14.9 Å². The van der Waals surface area contributed by atoms with Gasteiger partial charge in [-0.3, -0.25) is 9.69 Å². The van der Waals surface area contributed by atoms with E-state index in [9.17, 15) is 4.79 Å². The van der Waals surface area contributed by atoms with E-state index in [1.54, 1.807) is 17.3 Å². The van der Waals surface area contributed by atoms with Crippen LogP contribution < -0.4 is 4.90 Å². The second-order valence-electron chi connectivity index (χ2n) is 3.82. The number of amides is 1. The number of anilines is 1. The summed E-state index contributed by atoms with van der Waals surface area (Å²) in [5.74, 6) is 1.27. The lowest BCUT2D eigenvalue weighted by atomic mass is 10.4. The van der Waals surface area contributed by atoms with E-state index in [1.807, 2.05) is 19.0 Å². The zero-order chi connectivity index (χ0) is 11.5. The summed E-state index contributed by atoms with van der Waals surface area (Å²) in [4.78, 5) is 24.0. The third-order valence-electron chi connectivity index (χ3n) is 2.31. The van der Waals surface area contributed by atoms with Crippen LogP contribution in [-0.4, -0.2) is 53.7 Å². The minimum atomic E-state index is 0. The van der Waals surface area contributed by atoms with E-state index in [0.717, 1.165) is 11.6 Å². The third kappa shape index (κ3) is 3.31. The minimum Gasteiger partial charge on any atom is -0.308 e. The van der Waals surface area contributed by atoms with E-state index >= 15 is 0 Å². The fourth-order valence-electron chi connectivity index (χ4n) is 1.46. The van der Waals surface area contributed by atoms with Crippen molar-refractivity contribution in [3.8, 4) is 0 Å². The van der Waals surface area contributed by atoms with Gasteiger partial charge in [0.25, 0.3) is 0 Å². The highest BCUT2D eigenvalue weighted by atomic mass is 35.5. The molecule has 0 aromatic carbocycles. The number of aromatic nitrogens is 2. The van der Waals surface area contributed by atoms with Gasteiger partial charge in [-0.2, -0.15) is 0 Å². The summed E-state index contributed by atoms with van der Waals surface area (Å²) in [5, 5.41) is 0.848. The second kappa shape index (κ2) is 6.18. The van der Waals surface area contributed by atoms with Crippen molar-refractivity contribution >= 4 is 35.9 Å². The molecule has 1 aliphatic heterocycles. The van der Waals surface area contributed by atoms with Gasteiger partial charge in [0.05, 0.1) is 5.75 Å². The van der Waals surface area contributed by atoms with Gasteiger partial charge < -0.3 is 4.90 Å². The Balaban J connectivity index is 0.00000144. The number of nitrogens with zero attached hydrogens (tertiary/aromatic N) is 4. The molecule has 2 rings (SSSR count). The molecule has 2 heterocycles. The van der Waals surface area contributed by atoms with Crippen LogP contribution in [0.4, 0.5) is 5.82 Å². The molecule has 17 heavy (non-hydrogen) atoms. The summed E-state index contributed by atoms with van der Waals surface area (Å²) in [7, 11) is 3.97. The Morgan fingerprint density at radius 1 is 1.41 bits per heavy atom. The van der Waals surface area contributed by atoms with Crippen LogP contribution in [0.2, 0.25) is 0 Å². The first-order valence-corrected chi connectivity index (χ1v) is 6.06. The van der Waals surface area contributed by atoms with Crippen LogP contribution in [0, 0.1) is 0 Å². The number of thioether (sulfide) groups is 1. The van der Waals surface area contributed by atoms with Crippen molar-refractivity contribution in [2.24, 2.45) is 0 Å². The highest BCUT2D eigenvalue weighted by molar-refractivity contribution is 8.00. The monoisotopic (exact) mass is 274 g/mol. The first kappa shape index (κ1) is 14.2. The van der Waals surface area contributed by atoms with Crippen LogP contribution in [0.25, 0.3) is 0 Å². The lowest BCUT2D eigenvalue weighted by Gasteiger charge is -2.27. The molecule has 1 aromatic heterocycles. The molecule has 1 amide bonds. The van der Waals surface area contributed by atoms with Gasteiger partial charge in [0.2, 0.25) is 5.91 Å². The fourth-order valence-corrected chi connectivity index (χ4v) is 2.31. The van der Waals surface area contributed by atoms with Gasteiger partial charge in [0, 0.05) is 25.5 Å². The number of carbonyl (C=O) groups is 1. The lowest BCUT2D eigenvalue weighted by Crippen LogP contribution is -2.40. The maximum absolute atomic E-state index is 11.8. The van der Waals surface area contributed by atoms with Gasteiger partial charge in [0.1, 0.15) is 5.03 Å². The smallest absolute Gasteiger partial charge is 0.238 e. The molecule has 1 aliphatic rings. The Labute approximate surface area is 111 Å². The Kier molecular flexibility index (Phi) is 5.17. The Morgan fingerprint density at radius 3 is 2.82 bits per heavy atom. The fraction of sp³-hybridized carbons (Fsp3) is 0.500. The van der Waals surface area contributed by atoms with Crippen molar-refractivity contribution in [2.45, 2.75) is 5.03 Å². The van der Waals surface area contributed by atoms with E-state index in [1.165, 1.54) is 11.8 Å². The predicted octanol–water partition coefficient (Wildman–Crippen LogP) is 0.899. The summed E-state index contributed by atoms with van der Waals surface area (Å²) in [6.07, 6.45) is 3.28. The molecule has 0 unspecified atom stereocenters. The van der Waals surface area contributed by atoms with Crippen molar-refractivity contribution in [2.75, 3.05) is 37.8 Å². The largest absolute Gasteiger partial charge is 0.308 e. The molecule has 0 bridgehead atoms. The number of rotatable bonds is 3. The quantitative estimate of drug-likeness (QED) is 0.820. The van der Waals surface area contributed by atoms with Crippen molar-refractivity contribution in [3.63, 3.8) is 0 Å². The first-order chi connectivity index (χ1) is 7.68. The maximum Gasteiger partial charge on any atom is 0.238 e. The molecule has 0 aliphatic carbocycles. The summed E-state index contributed by atoms with van der Waals surface area (Å²) in [6.45, 7) is 1.49. The van der Waals surface area contributed by atoms with Crippen LogP contribution >= 0.6 is 24.2 Å². The molecule has 0 spiro atoms. The number of carbonyl (C=O) groups excluding carboxylic acids is 1. The van der Waals surface area contributed by atoms with Gasteiger partial charge in [-0.25, -0.2) is 9.97 Å². The standard InChI is InChI=1S/C10H14N4OS.ClH/c1-13(2)5-6-14-8(15)7-16-10-9(14)11-3-4-12-10;/h3-4H,5-7H2,1-2H3;1H. The number of likely N-dealkylation sites (N-methyl/N-ethyl adjacent to an activating group) is 1. The Bertz CT molecular complexity index is 402. The molecular formula is C10H15ClN4OS. The maximum atomic E-state index is 11.8. The Morgan fingerprint density at radius 2 is 2.12 bits per heavy atom. The number of hydrogen-bond donors (Lipinski definition) is 0. The molecule has 0 saturated heterocycles. The van der Waals surface area contributed by atoms with Gasteiger partial charge in [-0.05, 0) is 14.1 Å². The molecule has 1 aromatic rings. The Hall–Kier alpha value is -0.850. The topological polar surface area (TPSA) is 49.3 Å². The molecule has 0 fully saturated rings. The van der Waals surface area contributed by atoms with Crippen molar-refractivity contribution < 1.29 is 4.79 Å². The summed E-state index contributed by atoms with van der Waals surface area (Å²) in [6, 6.07) is 0. The van der Waals surface area contributed by atoms with Gasteiger partial charge in [-0.1, -0.05) is 11.8 Å². The molecule has 94 valence electrons. The zero-order valence-corrected chi connectivity index (χ0v) is 11.4. The van der Waals surface area contributed by atoms with Crippen LogP contribution in [0.3, 0.4) is 0 Å². The first-order valence-electron chi connectivity index (χ1n) is 5.07. The summed E-state index contributed by atoms with van der Waals surface area (Å²) in [5.41, 5.74) is 0. The molecule has 0 N–H and O–H groups in total. The third-order valence-corrected chi connectivity index (χ3v) is 3.26. The predicted molar refractivity (Wildman–Crippen MR) is 70.9 cm³/mol. The zero-order valence-electron chi connectivity index (χ0n) is 9.79. The van der Waals surface area contributed by atoms with E-state index < -0.39 is 0 Å². The van der Waals surface area contributed by atoms with Crippen LogP contribution in [0.5, 0.6) is 0 Å². The summed E-state index contributed by atoms with van der Waals surface area (Å²) < 4.78 is 0. The minimum absolute atomic E-state index is 0. The molecule has 5 nitrogen and oxygen atoms in total. The van der Waals surface area contributed by atoms with E-state index in [2.05, 4.69) is 9.97 Å². The van der Waals surface area contributed by atoms with Crippen LogP contribution in [-0.2, 0) is 4.79 Å². The van der Waals surface area contributed by atoms with Crippen LogP contribution in [0.1, 0.15) is 0 Å². The van der Waals surface area contributed by atoms with Crippen molar-refractivity contribution in [3.05, 3.63) is 12.4 Å².